The number of hydrogen-bond donors (Lipinski definition) is 2. The van der Waals surface area contributed by atoms with Gasteiger partial charge in [-0.05, 0) is 31.2 Å². The molecule has 0 radical (unpaired) electrons. The number of para-hydroxylation sites is 1. The number of nitrogen functional groups attached to an aromatic ring is 1. The molecule has 0 aliphatic heterocycles. The van der Waals surface area contributed by atoms with E-state index in [-0.39, 0.29) is 12.4 Å². The number of rotatable bonds is 6. The number of imidazole rings is 1. The summed E-state index contributed by atoms with van der Waals surface area (Å²) < 4.78 is 12.3. The zero-order valence-electron chi connectivity index (χ0n) is 13.4. The summed E-state index contributed by atoms with van der Waals surface area (Å²) in [4.78, 5) is 14.9. The van der Waals surface area contributed by atoms with Crippen LogP contribution in [0, 0.1) is 6.92 Å². The number of hydrogen-bond acceptors (Lipinski definition) is 6. The minimum atomic E-state index is -1.12. The second kappa shape index (κ2) is 6.91. The Morgan fingerprint density at radius 2 is 2.20 bits per heavy atom. The van der Waals surface area contributed by atoms with Crippen LogP contribution in [-0.2, 0) is 6.61 Å². The quantitative estimate of drug-likeness (QED) is 0.666. The summed E-state index contributed by atoms with van der Waals surface area (Å²) >= 11 is 0. The van der Waals surface area contributed by atoms with Gasteiger partial charge in [0.25, 0.3) is 0 Å². The van der Waals surface area contributed by atoms with Gasteiger partial charge in [-0.3, -0.25) is 0 Å². The predicted molar refractivity (Wildman–Crippen MR) is 90.8 cm³/mol. The Labute approximate surface area is 143 Å². The molecule has 3 rings (SSSR count). The molecule has 0 spiro atoms. The van der Waals surface area contributed by atoms with Gasteiger partial charge in [-0.2, -0.15) is 5.10 Å². The van der Waals surface area contributed by atoms with Gasteiger partial charge in [-0.15, -0.1) is 0 Å². The van der Waals surface area contributed by atoms with Gasteiger partial charge in [0, 0.05) is 5.56 Å². The minimum Gasteiger partial charge on any atom is -0.485 e. The van der Waals surface area contributed by atoms with E-state index >= 15 is 0 Å². The summed E-state index contributed by atoms with van der Waals surface area (Å²) in [6.07, 6.45) is 3.32. The smallest absolute Gasteiger partial charge is 0.371 e. The number of nitrogens with two attached hydrogens (primary N) is 1. The number of aromatic nitrogens is 2. The zero-order valence-corrected chi connectivity index (χ0v) is 13.4. The molecule has 8 nitrogen and oxygen atoms in total. The van der Waals surface area contributed by atoms with Crippen molar-refractivity contribution in [3.63, 3.8) is 0 Å². The SMILES string of the molecule is Cc1cn(N=Cc2ccccc2OCc2ccc(C(=O)O)o2)c(N)n1. The molecular formula is C17H16N4O4. The van der Waals surface area contributed by atoms with Crippen molar-refractivity contribution in [3.8, 4) is 5.75 Å². The van der Waals surface area contributed by atoms with Crippen LogP contribution in [0.4, 0.5) is 5.95 Å². The van der Waals surface area contributed by atoms with Crippen molar-refractivity contribution < 1.29 is 19.1 Å². The van der Waals surface area contributed by atoms with Crippen LogP contribution in [0.1, 0.15) is 27.6 Å². The molecule has 0 aliphatic carbocycles. The lowest BCUT2D eigenvalue weighted by atomic mass is 10.2. The largest absolute Gasteiger partial charge is 0.485 e. The average molecular weight is 340 g/mol. The summed E-state index contributed by atoms with van der Waals surface area (Å²) in [7, 11) is 0. The lowest BCUT2D eigenvalue weighted by molar-refractivity contribution is 0.0658. The van der Waals surface area contributed by atoms with E-state index in [0.717, 1.165) is 11.3 Å². The Hall–Kier alpha value is -3.55. The highest BCUT2D eigenvalue weighted by molar-refractivity contribution is 5.84. The number of benzene rings is 1. The average Bonchev–Trinajstić information content (AvgIpc) is 3.18. The van der Waals surface area contributed by atoms with E-state index in [9.17, 15) is 4.79 Å². The van der Waals surface area contributed by atoms with Crippen LogP contribution in [0.2, 0.25) is 0 Å². The Bertz CT molecular complexity index is 926. The van der Waals surface area contributed by atoms with Crippen molar-refractivity contribution in [2.45, 2.75) is 13.5 Å². The number of nitrogens with zero attached hydrogens (tertiary/aromatic N) is 3. The Morgan fingerprint density at radius 3 is 2.88 bits per heavy atom. The van der Waals surface area contributed by atoms with Crippen LogP contribution in [0.15, 0.2) is 52.1 Å². The first-order valence-corrected chi connectivity index (χ1v) is 7.42. The van der Waals surface area contributed by atoms with E-state index in [1.54, 1.807) is 24.5 Å². The summed E-state index contributed by atoms with van der Waals surface area (Å²) in [5, 5.41) is 13.1. The topological polar surface area (TPSA) is 116 Å². The maximum Gasteiger partial charge on any atom is 0.371 e. The van der Waals surface area contributed by atoms with Gasteiger partial charge < -0.3 is 20.0 Å². The summed E-state index contributed by atoms with van der Waals surface area (Å²) in [6, 6.07) is 10.3. The molecule has 0 atom stereocenters. The molecule has 3 aromatic rings. The number of aromatic carboxylic acids is 1. The second-order valence-corrected chi connectivity index (χ2v) is 5.23. The van der Waals surface area contributed by atoms with E-state index in [0.29, 0.717) is 17.5 Å². The van der Waals surface area contributed by atoms with E-state index in [1.807, 2.05) is 25.1 Å². The fourth-order valence-corrected chi connectivity index (χ4v) is 2.16. The molecule has 0 aliphatic rings. The first kappa shape index (κ1) is 16.3. The van der Waals surface area contributed by atoms with Crippen molar-refractivity contribution in [2.24, 2.45) is 5.10 Å². The van der Waals surface area contributed by atoms with Gasteiger partial charge in [0.05, 0.1) is 18.1 Å². The number of carboxylic acid groups (broad SMARTS) is 1. The van der Waals surface area contributed by atoms with Crippen LogP contribution in [0.3, 0.4) is 0 Å². The summed E-state index contributed by atoms with van der Waals surface area (Å²) in [6.45, 7) is 1.93. The maximum absolute atomic E-state index is 10.8. The van der Waals surface area contributed by atoms with Crippen LogP contribution in [0.5, 0.6) is 5.75 Å². The Balaban J connectivity index is 1.74. The molecule has 0 bridgehead atoms. The molecular weight excluding hydrogens is 324 g/mol. The van der Waals surface area contributed by atoms with Gasteiger partial charge in [-0.25, -0.2) is 14.5 Å². The van der Waals surface area contributed by atoms with E-state index in [1.165, 1.54) is 10.7 Å². The van der Waals surface area contributed by atoms with Crippen molar-refractivity contribution >= 4 is 18.1 Å². The third kappa shape index (κ3) is 3.86. The van der Waals surface area contributed by atoms with Crippen LogP contribution >= 0.6 is 0 Å². The number of carboxylic acids is 1. The molecule has 8 heteroatoms. The predicted octanol–water partition coefficient (Wildman–Crippen LogP) is 2.53. The van der Waals surface area contributed by atoms with Crippen molar-refractivity contribution in [3.05, 3.63) is 65.4 Å². The number of carbonyl (C=O) groups is 1. The lowest BCUT2D eigenvalue weighted by Gasteiger charge is -2.07. The highest BCUT2D eigenvalue weighted by Crippen LogP contribution is 2.19. The fraction of sp³-hybridized carbons (Fsp3) is 0.118. The molecule has 2 aromatic heterocycles. The van der Waals surface area contributed by atoms with Crippen LogP contribution < -0.4 is 10.5 Å². The molecule has 128 valence electrons. The first-order valence-electron chi connectivity index (χ1n) is 7.42. The van der Waals surface area contributed by atoms with Gasteiger partial charge in [-0.1, -0.05) is 12.1 Å². The molecule has 2 heterocycles. The minimum absolute atomic E-state index is 0.102. The second-order valence-electron chi connectivity index (χ2n) is 5.23. The number of ether oxygens (including phenoxy) is 1. The monoisotopic (exact) mass is 340 g/mol. The van der Waals surface area contributed by atoms with Gasteiger partial charge >= 0.3 is 5.97 Å². The Kier molecular flexibility index (Phi) is 4.51. The van der Waals surface area contributed by atoms with Gasteiger partial charge in [0.15, 0.2) is 0 Å². The maximum atomic E-state index is 10.8. The molecule has 0 saturated heterocycles. The standard InChI is InChI=1S/C17H16N4O4/c1-11-9-21(17(18)20-11)19-8-12-4-2-3-5-14(12)24-10-13-6-7-15(25-13)16(22)23/h2-9H,10H2,1H3,(H2,18,20)(H,22,23). The molecule has 0 amide bonds. The fourth-order valence-electron chi connectivity index (χ4n) is 2.16. The van der Waals surface area contributed by atoms with E-state index in [4.69, 9.17) is 20.0 Å². The number of furan rings is 1. The summed E-state index contributed by atoms with van der Waals surface area (Å²) in [5.41, 5.74) is 7.26. The van der Waals surface area contributed by atoms with Crippen molar-refractivity contribution in [2.75, 3.05) is 5.73 Å². The van der Waals surface area contributed by atoms with Crippen LogP contribution in [-0.4, -0.2) is 27.0 Å². The van der Waals surface area contributed by atoms with Crippen molar-refractivity contribution in [1.82, 2.24) is 9.66 Å². The highest BCUT2D eigenvalue weighted by atomic mass is 16.5. The molecule has 1 aromatic carbocycles. The number of anilines is 1. The molecule has 25 heavy (non-hydrogen) atoms. The third-order valence-corrected chi connectivity index (χ3v) is 3.32. The molecule has 0 saturated carbocycles. The lowest BCUT2D eigenvalue weighted by Crippen LogP contribution is -2.00. The third-order valence-electron chi connectivity index (χ3n) is 3.32. The number of aryl methyl sites for hydroxylation is 1. The normalized spacial score (nSPS) is 11.1. The van der Waals surface area contributed by atoms with E-state index in [2.05, 4.69) is 10.1 Å². The molecule has 0 unspecified atom stereocenters. The van der Waals surface area contributed by atoms with Crippen LogP contribution in [0.25, 0.3) is 0 Å². The summed E-state index contributed by atoms with van der Waals surface area (Å²) in [5.74, 6) is 0.0453. The zero-order chi connectivity index (χ0) is 17.8. The highest BCUT2D eigenvalue weighted by Gasteiger charge is 2.10. The first-order chi connectivity index (χ1) is 12.0. The van der Waals surface area contributed by atoms with Crippen molar-refractivity contribution in [1.29, 1.82) is 0 Å². The van der Waals surface area contributed by atoms with Gasteiger partial charge in [0.2, 0.25) is 11.7 Å². The molecule has 0 fully saturated rings. The molecule has 3 N–H and O–H groups in total. The van der Waals surface area contributed by atoms with E-state index < -0.39 is 5.97 Å². The van der Waals surface area contributed by atoms with Gasteiger partial charge in [0.1, 0.15) is 18.1 Å². The Morgan fingerprint density at radius 1 is 1.40 bits per heavy atom.